The summed E-state index contributed by atoms with van der Waals surface area (Å²) in [7, 11) is 0. The van der Waals surface area contributed by atoms with Crippen LogP contribution in [-0.2, 0) is 4.79 Å². The van der Waals surface area contributed by atoms with E-state index in [9.17, 15) is 18.0 Å². The number of ether oxygens (including phenoxy) is 1. The SMILES string of the molecule is Cl.N[C@@H]1CCC[C@H]1CC(=O)Nc1cc(Cl)ccc1OCC(F)(F)F. The summed E-state index contributed by atoms with van der Waals surface area (Å²) in [6.07, 6.45) is -1.49. The lowest BCUT2D eigenvalue weighted by Gasteiger charge is -2.17. The van der Waals surface area contributed by atoms with Crippen LogP contribution in [0.2, 0.25) is 5.02 Å². The number of halogens is 5. The zero-order chi connectivity index (χ0) is 17.0. The smallest absolute Gasteiger partial charge is 0.422 e. The van der Waals surface area contributed by atoms with Gasteiger partial charge in [-0.2, -0.15) is 13.2 Å². The number of hydrogen-bond acceptors (Lipinski definition) is 3. The number of nitrogens with two attached hydrogens (primary N) is 1. The number of carbonyl (C=O) groups excluding carboxylic acids is 1. The van der Waals surface area contributed by atoms with Crippen molar-refractivity contribution < 1.29 is 22.7 Å². The average Bonchev–Trinajstić information content (AvgIpc) is 2.82. The average molecular weight is 387 g/mol. The minimum atomic E-state index is -4.46. The van der Waals surface area contributed by atoms with Gasteiger partial charge in [-0.1, -0.05) is 18.0 Å². The first kappa shape index (κ1) is 20.9. The van der Waals surface area contributed by atoms with Crippen LogP contribution >= 0.6 is 24.0 Å². The molecule has 1 saturated carbocycles. The molecular formula is C15H19Cl2F3N2O2. The first-order valence-corrected chi connectivity index (χ1v) is 7.67. The molecule has 9 heteroatoms. The van der Waals surface area contributed by atoms with Crippen molar-refractivity contribution in [3.8, 4) is 5.75 Å². The molecule has 0 radical (unpaired) electrons. The van der Waals surface area contributed by atoms with Crippen molar-refractivity contribution in [2.45, 2.75) is 37.9 Å². The number of carbonyl (C=O) groups is 1. The molecule has 1 aromatic rings. The summed E-state index contributed by atoms with van der Waals surface area (Å²) >= 11 is 5.83. The van der Waals surface area contributed by atoms with Crippen LogP contribution in [0.4, 0.5) is 18.9 Å². The molecule has 136 valence electrons. The fraction of sp³-hybridized carbons (Fsp3) is 0.533. The Labute approximate surface area is 149 Å². The standard InChI is InChI=1S/C15H18ClF3N2O2.ClH/c16-10-4-5-13(23-8-15(17,18)19)12(7-10)21-14(22)6-9-2-1-3-11(9)20;/h4-5,7,9,11H,1-3,6,8,20H2,(H,21,22);1H/t9-,11+;/m0./s1. The number of nitrogens with one attached hydrogen (secondary N) is 1. The molecule has 24 heavy (non-hydrogen) atoms. The lowest BCUT2D eigenvalue weighted by molar-refractivity contribution is -0.153. The molecule has 0 saturated heterocycles. The second kappa shape index (κ2) is 8.78. The number of rotatable bonds is 5. The lowest BCUT2D eigenvalue weighted by Crippen LogP contribution is -2.28. The highest BCUT2D eigenvalue weighted by Crippen LogP contribution is 2.31. The first-order chi connectivity index (χ1) is 10.7. The molecule has 1 aromatic carbocycles. The molecule has 2 atom stereocenters. The van der Waals surface area contributed by atoms with Gasteiger partial charge in [-0.25, -0.2) is 0 Å². The van der Waals surface area contributed by atoms with Gasteiger partial charge in [-0.15, -0.1) is 12.4 Å². The summed E-state index contributed by atoms with van der Waals surface area (Å²) in [6, 6.07) is 4.04. The number of anilines is 1. The normalized spacial score (nSPS) is 20.4. The Morgan fingerprint density at radius 1 is 1.38 bits per heavy atom. The molecule has 0 aliphatic heterocycles. The third-order valence-corrected chi connectivity index (χ3v) is 4.01. The molecule has 0 bridgehead atoms. The van der Waals surface area contributed by atoms with Crippen molar-refractivity contribution in [2.24, 2.45) is 11.7 Å². The molecule has 2 rings (SSSR count). The van der Waals surface area contributed by atoms with Crippen LogP contribution in [0.15, 0.2) is 18.2 Å². The number of hydrogen-bond donors (Lipinski definition) is 2. The summed E-state index contributed by atoms with van der Waals surface area (Å²) in [6.45, 7) is -1.44. The zero-order valence-electron chi connectivity index (χ0n) is 12.7. The van der Waals surface area contributed by atoms with E-state index in [2.05, 4.69) is 5.32 Å². The highest BCUT2D eigenvalue weighted by Gasteiger charge is 2.29. The van der Waals surface area contributed by atoms with Gasteiger partial charge in [0.15, 0.2) is 6.61 Å². The van der Waals surface area contributed by atoms with Crippen LogP contribution < -0.4 is 15.8 Å². The first-order valence-electron chi connectivity index (χ1n) is 7.29. The van der Waals surface area contributed by atoms with Crippen molar-refractivity contribution in [1.29, 1.82) is 0 Å². The third-order valence-electron chi connectivity index (χ3n) is 3.77. The van der Waals surface area contributed by atoms with Gasteiger partial charge in [0.2, 0.25) is 5.91 Å². The van der Waals surface area contributed by atoms with Crippen molar-refractivity contribution in [1.82, 2.24) is 0 Å². The van der Waals surface area contributed by atoms with Gasteiger partial charge >= 0.3 is 6.18 Å². The summed E-state index contributed by atoms with van der Waals surface area (Å²) in [4.78, 5) is 12.1. The van der Waals surface area contributed by atoms with Crippen LogP contribution in [-0.4, -0.2) is 24.7 Å². The lowest BCUT2D eigenvalue weighted by atomic mass is 10.00. The molecule has 0 spiro atoms. The van der Waals surface area contributed by atoms with Crippen molar-refractivity contribution in [3.05, 3.63) is 23.2 Å². The topological polar surface area (TPSA) is 64.4 Å². The van der Waals surface area contributed by atoms with E-state index in [-0.39, 0.29) is 53.2 Å². The van der Waals surface area contributed by atoms with E-state index < -0.39 is 12.8 Å². The van der Waals surface area contributed by atoms with E-state index in [1.165, 1.54) is 18.2 Å². The Kier molecular flexibility index (Phi) is 7.63. The molecule has 1 amide bonds. The predicted molar refractivity (Wildman–Crippen MR) is 88.8 cm³/mol. The predicted octanol–water partition coefficient (Wildman–Crippen LogP) is 4.16. The molecule has 1 aliphatic rings. The Bertz CT molecular complexity index is 570. The van der Waals surface area contributed by atoms with Gasteiger partial charge in [0.25, 0.3) is 0 Å². The van der Waals surface area contributed by atoms with Gasteiger partial charge in [0.05, 0.1) is 5.69 Å². The summed E-state index contributed by atoms with van der Waals surface area (Å²) in [5.41, 5.74) is 6.04. The van der Waals surface area contributed by atoms with E-state index >= 15 is 0 Å². The van der Waals surface area contributed by atoms with Crippen LogP contribution in [0.3, 0.4) is 0 Å². The molecule has 4 nitrogen and oxygen atoms in total. The highest BCUT2D eigenvalue weighted by molar-refractivity contribution is 6.31. The fourth-order valence-electron chi connectivity index (χ4n) is 2.64. The van der Waals surface area contributed by atoms with Crippen molar-refractivity contribution in [2.75, 3.05) is 11.9 Å². The molecule has 0 aromatic heterocycles. The number of benzene rings is 1. The quantitative estimate of drug-likeness (QED) is 0.798. The molecule has 0 heterocycles. The molecule has 1 aliphatic carbocycles. The molecule has 0 unspecified atom stereocenters. The summed E-state index contributed by atoms with van der Waals surface area (Å²) in [5, 5.41) is 2.85. The van der Waals surface area contributed by atoms with Crippen LogP contribution in [0.5, 0.6) is 5.75 Å². The molecular weight excluding hydrogens is 368 g/mol. The van der Waals surface area contributed by atoms with Crippen molar-refractivity contribution >= 4 is 35.6 Å². The fourth-order valence-corrected chi connectivity index (χ4v) is 2.82. The van der Waals surface area contributed by atoms with Gasteiger partial charge < -0.3 is 15.8 Å². The largest absolute Gasteiger partial charge is 0.482 e. The van der Waals surface area contributed by atoms with E-state index in [1.807, 2.05) is 0 Å². The van der Waals surface area contributed by atoms with Crippen LogP contribution in [0.1, 0.15) is 25.7 Å². The second-order valence-electron chi connectivity index (χ2n) is 5.65. The van der Waals surface area contributed by atoms with Gasteiger partial charge in [0.1, 0.15) is 5.75 Å². The molecule has 1 fully saturated rings. The summed E-state index contributed by atoms with van der Waals surface area (Å²) < 4.78 is 41.6. The van der Waals surface area contributed by atoms with Crippen LogP contribution in [0.25, 0.3) is 0 Å². The van der Waals surface area contributed by atoms with E-state index in [4.69, 9.17) is 22.1 Å². The van der Waals surface area contributed by atoms with Gasteiger partial charge in [0, 0.05) is 17.5 Å². The van der Waals surface area contributed by atoms with E-state index in [0.717, 1.165) is 19.3 Å². The van der Waals surface area contributed by atoms with E-state index in [1.54, 1.807) is 0 Å². The Balaban J connectivity index is 0.00000288. The van der Waals surface area contributed by atoms with Crippen molar-refractivity contribution in [3.63, 3.8) is 0 Å². The maximum Gasteiger partial charge on any atom is 0.422 e. The third kappa shape index (κ3) is 6.37. The monoisotopic (exact) mass is 386 g/mol. The van der Waals surface area contributed by atoms with Gasteiger partial charge in [-0.05, 0) is 37.0 Å². The Morgan fingerprint density at radius 3 is 2.67 bits per heavy atom. The maximum absolute atomic E-state index is 12.3. The van der Waals surface area contributed by atoms with E-state index in [0.29, 0.717) is 0 Å². The minimum Gasteiger partial charge on any atom is -0.482 e. The van der Waals surface area contributed by atoms with Crippen LogP contribution in [0, 0.1) is 5.92 Å². The molecule has 3 N–H and O–H groups in total. The number of amides is 1. The Morgan fingerprint density at radius 2 is 2.08 bits per heavy atom. The zero-order valence-corrected chi connectivity index (χ0v) is 14.3. The minimum absolute atomic E-state index is 0. The maximum atomic E-state index is 12.3. The number of alkyl halides is 3. The summed E-state index contributed by atoms with van der Waals surface area (Å²) in [5.74, 6) is -0.295. The second-order valence-corrected chi connectivity index (χ2v) is 6.09. The van der Waals surface area contributed by atoms with Gasteiger partial charge in [-0.3, -0.25) is 4.79 Å². The highest BCUT2D eigenvalue weighted by atomic mass is 35.5. The Hall–Kier alpha value is -1.18.